The van der Waals surface area contributed by atoms with Crippen LogP contribution in [0.4, 0.5) is 0 Å². The maximum atomic E-state index is 12.3. The van der Waals surface area contributed by atoms with Gasteiger partial charge in [-0.05, 0) is 57.0 Å². The molecule has 1 aliphatic heterocycles. The summed E-state index contributed by atoms with van der Waals surface area (Å²) >= 11 is 0. The number of likely N-dealkylation sites (N-methyl/N-ethyl adjacent to an activating group) is 1. The number of rotatable bonds is 7. The zero-order chi connectivity index (χ0) is 15.1. The topological polar surface area (TPSA) is 38.8 Å². The summed E-state index contributed by atoms with van der Waals surface area (Å²) in [4.78, 5) is 14.4. The number of Topliss-reactive ketones (excluding diaryl/α,β-unsaturated/α-hetero) is 1. The molecule has 1 aliphatic rings. The third-order valence-corrected chi connectivity index (χ3v) is 3.81. The number of hydrogen-bond acceptors (Lipinski definition) is 4. The van der Waals surface area contributed by atoms with Crippen LogP contribution in [0.1, 0.15) is 30.1 Å². The molecule has 0 aromatic heterocycles. The average Bonchev–Trinajstić information content (AvgIpc) is 2.49. The van der Waals surface area contributed by atoms with Gasteiger partial charge < -0.3 is 9.47 Å². The van der Waals surface area contributed by atoms with Crippen molar-refractivity contribution >= 4 is 5.78 Å². The molecule has 2 rings (SSSR count). The molecule has 4 nitrogen and oxygen atoms in total. The second-order valence-corrected chi connectivity index (χ2v) is 5.63. The highest BCUT2D eigenvalue weighted by atomic mass is 16.5. The smallest absolute Gasteiger partial charge is 0.176 e. The third-order valence-electron chi connectivity index (χ3n) is 3.81. The van der Waals surface area contributed by atoms with Crippen molar-refractivity contribution in [3.8, 4) is 5.75 Å². The van der Waals surface area contributed by atoms with Crippen LogP contribution in [0.25, 0.3) is 0 Å². The Bertz CT molecular complexity index is 438. The molecule has 1 saturated heterocycles. The highest BCUT2D eigenvalue weighted by Gasteiger charge is 2.17. The monoisotopic (exact) mass is 291 g/mol. The molecule has 0 amide bonds. The molecule has 0 N–H and O–H groups in total. The van der Waals surface area contributed by atoms with Gasteiger partial charge in [0.2, 0.25) is 0 Å². The summed E-state index contributed by atoms with van der Waals surface area (Å²) in [6.07, 6.45) is 2.20. The molecular formula is C17H25NO3. The van der Waals surface area contributed by atoms with E-state index in [1.54, 1.807) is 0 Å². The lowest BCUT2D eigenvalue weighted by Gasteiger charge is -2.26. The maximum Gasteiger partial charge on any atom is 0.176 e. The molecule has 0 spiro atoms. The molecule has 116 valence electrons. The van der Waals surface area contributed by atoms with E-state index in [-0.39, 0.29) is 5.78 Å². The van der Waals surface area contributed by atoms with Crippen molar-refractivity contribution < 1.29 is 14.3 Å². The van der Waals surface area contributed by atoms with Gasteiger partial charge in [0, 0.05) is 25.3 Å². The van der Waals surface area contributed by atoms with Crippen molar-refractivity contribution in [3.63, 3.8) is 0 Å². The first-order valence-corrected chi connectivity index (χ1v) is 7.71. The SMILES string of the molecule is CCOc1ccc(C(=O)CN(C)CC2CCOCC2)cc1. The van der Waals surface area contributed by atoms with Crippen LogP contribution in [0.15, 0.2) is 24.3 Å². The molecule has 0 aliphatic carbocycles. The van der Waals surface area contributed by atoms with Gasteiger partial charge in [-0.1, -0.05) is 0 Å². The van der Waals surface area contributed by atoms with Gasteiger partial charge in [-0.15, -0.1) is 0 Å². The van der Waals surface area contributed by atoms with Crippen LogP contribution >= 0.6 is 0 Å². The van der Waals surface area contributed by atoms with Crippen molar-refractivity contribution in [2.75, 3.05) is 40.0 Å². The summed E-state index contributed by atoms with van der Waals surface area (Å²) in [6.45, 7) is 5.72. The number of carbonyl (C=O) groups is 1. The third kappa shape index (κ3) is 5.14. The van der Waals surface area contributed by atoms with Crippen molar-refractivity contribution in [2.45, 2.75) is 19.8 Å². The zero-order valence-electron chi connectivity index (χ0n) is 13.0. The van der Waals surface area contributed by atoms with E-state index >= 15 is 0 Å². The van der Waals surface area contributed by atoms with Crippen molar-refractivity contribution in [3.05, 3.63) is 29.8 Å². The van der Waals surface area contributed by atoms with Crippen LogP contribution < -0.4 is 4.74 Å². The summed E-state index contributed by atoms with van der Waals surface area (Å²) in [6, 6.07) is 7.40. The standard InChI is InChI=1S/C17H25NO3/c1-3-21-16-6-4-15(5-7-16)17(19)13-18(2)12-14-8-10-20-11-9-14/h4-7,14H,3,8-13H2,1-2H3. The van der Waals surface area contributed by atoms with Gasteiger partial charge in [0.05, 0.1) is 13.2 Å². The van der Waals surface area contributed by atoms with Crippen LogP contribution in [0.2, 0.25) is 0 Å². The first-order chi connectivity index (χ1) is 10.2. The van der Waals surface area contributed by atoms with E-state index < -0.39 is 0 Å². The number of hydrogen-bond donors (Lipinski definition) is 0. The summed E-state index contributed by atoms with van der Waals surface area (Å²) in [5.74, 6) is 1.62. The lowest BCUT2D eigenvalue weighted by molar-refractivity contribution is 0.0549. The predicted octanol–water partition coefficient (Wildman–Crippen LogP) is 2.63. The molecule has 0 saturated carbocycles. The van der Waals surface area contributed by atoms with Gasteiger partial charge in [0.15, 0.2) is 5.78 Å². The number of benzene rings is 1. The maximum absolute atomic E-state index is 12.3. The van der Waals surface area contributed by atoms with Crippen LogP contribution in [0.5, 0.6) is 5.75 Å². The first kappa shape index (κ1) is 16.0. The lowest BCUT2D eigenvalue weighted by Crippen LogP contribution is -2.33. The zero-order valence-corrected chi connectivity index (χ0v) is 13.0. The largest absolute Gasteiger partial charge is 0.494 e. The normalized spacial score (nSPS) is 16.1. The number of carbonyl (C=O) groups excluding carboxylic acids is 1. The Morgan fingerprint density at radius 3 is 2.57 bits per heavy atom. The Balaban J connectivity index is 1.82. The van der Waals surface area contributed by atoms with Crippen molar-refractivity contribution in [1.82, 2.24) is 4.90 Å². The fourth-order valence-electron chi connectivity index (χ4n) is 2.67. The van der Waals surface area contributed by atoms with E-state index in [4.69, 9.17) is 9.47 Å². The molecule has 0 bridgehead atoms. The van der Waals surface area contributed by atoms with Crippen LogP contribution in [0.3, 0.4) is 0 Å². The Kier molecular flexibility index (Phi) is 6.21. The van der Waals surface area contributed by atoms with Crippen LogP contribution in [-0.2, 0) is 4.74 Å². The van der Waals surface area contributed by atoms with Gasteiger partial charge in [0.25, 0.3) is 0 Å². The molecule has 0 atom stereocenters. The lowest BCUT2D eigenvalue weighted by atomic mass is 9.99. The Morgan fingerprint density at radius 1 is 1.29 bits per heavy atom. The summed E-state index contributed by atoms with van der Waals surface area (Å²) < 4.78 is 10.8. The number of ketones is 1. The number of ether oxygens (including phenoxy) is 2. The van der Waals surface area contributed by atoms with E-state index in [0.29, 0.717) is 19.1 Å². The second-order valence-electron chi connectivity index (χ2n) is 5.63. The summed E-state index contributed by atoms with van der Waals surface area (Å²) in [5, 5.41) is 0. The average molecular weight is 291 g/mol. The molecule has 1 heterocycles. The first-order valence-electron chi connectivity index (χ1n) is 7.71. The van der Waals surface area contributed by atoms with Gasteiger partial charge in [0.1, 0.15) is 5.75 Å². The van der Waals surface area contributed by atoms with Gasteiger partial charge in [-0.3, -0.25) is 9.69 Å². The van der Waals surface area contributed by atoms with Crippen LogP contribution in [-0.4, -0.2) is 50.6 Å². The van der Waals surface area contributed by atoms with Crippen molar-refractivity contribution in [1.29, 1.82) is 0 Å². The van der Waals surface area contributed by atoms with E-state index in [9.17, 15) is 4.79 Å². The highest BCUT2D eigenvalue weighted by Crippen LogP contribution is 2.16. The molecule has 1 aromatic carbocycles. The van der Waals surface area contributed by atoms with Gasteiger partial charge in [-0.25, -0.2) is 0 Å². The molecule has 1 fully saturated rings. The predicted molar refractivity (Wildman–Crippen MR) is 83.0 cm³/mol. The Morgan fingerprint density at radius 2 is 1.95 bits per heavy atom. The molecule has 21 heavy (non-hydrogen) atoms. The van der Waals surface area contributed by atoms with E-state index in [1.807, 2.05) is 38.2 Å². The molecule has 0 radical (unpaired) electrons. The highest BCUT2D eigenvalue weighted by molar-refractivity contribution is 5.97. The Labute approximate surface area is 127 Å². The minimum absolute atomic E-state index is 0.160. The Hall–Kier alpha value is -1.39. The minimum Gasteiger partial charge on any atom is -0.494 e. The van der Waals surface area contributed by atoms with Gasteiger partial charge in [-0.2, -0.15) is 0 Å². The van der Waals surface area contributed by atoms with Crippen molar-refractivity contribution in [2.24, 2.45) is 5.92 Å². The summed E-state index contributed by atoms with van der Waals surface area (Å²) in [7, 11) is 2.02. The number of nitrogens with zero attached hydrogens (tertiary/aromatic N) is 1. The molecular weight excluding hydrogens is 266 g/mol. The molecule has 0 unspecified atom stereocenters. The quantitative estimate of drug-likeness (QED) is 0.724. The van der Waals surface area contributed by atoms with E-state index in [0.717, 1.165) is 43.9 Å². The van der Waals surface area contributed by atoms with E-state index in [1.165, 1.54) is 0 Å². The summed E-state index contributed by atoms with van der Waals surface area (Å²) in [5.41, 5.74) is 0.747. The fourth-order valence-corrected chi connectivity index (χ4v) is 2.67. The minimum atomic E-state index is 0.160. The second kappa shape index (κ2) is 8.15. The van der Waals surface area contributed by atoms with Gasteiger partial charge >= 0.3 is 0 Å². The fraction of sp³-hybridized carbons (Fsp3) is 0.588. The van der Waals surface area contributed by atoms with Crippen LogP contribution in [0, 0.1) is 5.92 Å². The molecule has 1 aromatic rings. The molecule has 4 heteroatoms. The van der Waals surface area contributed by atoms with E-state index in [2.05, 4.69) is 4.90 Å².